The molecule has 3 nitrogen and oxygen atoms in total. The predicted octanol–water partition coefficient (Wildman–Crippen LogP) is 4.49. The third kappa shape index (κ3) is 3.09. The van der Waals surface area contributed by atoms with Gasteiger partial charge in [0.25, 0.3) is 0 Å². The van der Waals surface area contributed by atoms with Gasteiger partial charge in [-0.2, -0.15) is 0 Å². The van der Waals surface area contributed by atoms with Crippen LogP contribution in [-0.2, 0) is 0 Å². The maximum Gasteiger partial charge on any atom is 0.219 e. The minimum Gasteiger partial charge on any atom is -0.437 e. The maximum atomic E-state index is 11.1. The molecule has 0 radical (unpaired) electrons. The Hall–Kier alpha value is -1.39. The number of benzene rings is 1. The summed E-state index contributed by atoms with van der Waals surface area (Å²) in [7, 11) is 0. The molecule has 0 spiro atoms. The van der Waals surface area contributed by atoms with Crippen LogP contribution >= 0.6 is 27.5 Å². The van der Waals surface area contributed by atoms with Gasteiger partial charge in [0.15, 0.2) is 5.78 Å². The summed E-state index contributed by atoms with van der Waals surface area (Å²) in [5.74, 6) is 0.878. The molecule has 0 fully saturated rings. The number of halogens is 2. The summed E-state index contributed by atoms with van der Waals surface area (Å²) in [5.41, 5.74) is 0.546. The van der Waals surface area contributed by atoms with Crippen molar-refractivity contribution in [2.75, 3.05) is 0 Å². The van der Waals surface area contributed by atoms with E-state index in [0.29, 0.717) is 22.2 Å². The summed E-state index contributed by atoms with van der Waals surface area (Å²) in [6.45, 7) is 1.49. The van der Waals surface area contributed by atoms with Crippen molar-refractivity contribution in [1.82, 2.24) is 4.98 Å². The van der Waals surface area contributed by atoms with Gasteiger partial charge < -0.3 is 4.74 Å². The van der Waals surface area contributed by atoms with Crippen LogP contribution in [0.25, 0.3) is 0 Å². The molecule has 0 unspecified atom stereocenters. The van der Waals surface area contributed by atoms with Crippen molar-refractivity contribution in [2.45, 2.75) is 6.92 Å². The third-order valence-electron chi connectivity index (χ3n) is 2.25. The van der Waals surface area contributed by atoms with Gasteiger partial charge in [0.2, 0.25) is 5.88 Å². The summed E-state index contributed by atoms with van der Waals surface area (Å²) in [6.07, 6.45) is 1.48. The lowest BCUT2D eigenvalue weighted by molar-refractivity contribution is 0.101. The van der Waals surface area contributed by atoms with Crippen LogP contribution in [-0.4, -0.2) is 10.8 Å². The van der Waals surface area contributed by atoms with E-state index in [0.717, 1.165) is 4.47 Å². The van der Waals surface area contributed by atoms with Crippen molar-refractivity contribution in [3.05, 3.63) is 51.6 Å². The fourth-order valence-electron chi connectivity index (χ4n) is 1.32. The van der Waals surface area contributed by atoms with Gasteiger partial charge in [-0.05, 0) is 31.2 Å². The molecule has 1 aromatic carbocycles. The number of aromatic nitrogens is 1. The molecule has 92 valence electrons. The topological polar surface area (TPSA) is 39.2 Å². The van der Waals surface area contributed by atoms with Gasteiger partial charge in [-0.15, -0.1) is 0 Å². The van der Waals surface area contributed by atoms with Crippen LogP contribution in [0.5, 0.6) is 11.6 Å². The number of ether oxygens (including phenoxy) is 1. The Morgan fingerprint density at radius 2 is 2.11 bits per heavy atom. The Labute approximate surface area is 118 Å². The van der Waals surface area contributed by atoms with Crippen molar-refractivity contribution in [1.29, 1.82) is 0 Å². The number of carbonyl (C=O) groups excluding carboxylic acids is 1. The zero-order valence-corrected chi connectivity index (χ0v) is 11.8. The van der Waals surface area contributed by atoms with Crippen molar-refractivity contribution in [3.63, 3.8) is 0 Å². The van der Waals surface area contributed by atoms with Gasteiger partial charge in [-0.25, -0.2) is 4.98 Å². The normalized spacial score (nSPS) is 10.2. The van der Waals surface area contributed by atoms with Crippen LogP contribution in [0, 0.1) is 0 Å². The first-order valence-electron chi connectivity index (χ1n) is 5.16. The Balaban J connectivity index is 2.21. The van der Waals surface area contributed by atoms with E-state index in [9.17, 15) is 4.79 Å². The molecule has 1 aromatic heterocycles. The molecule has 1 heterocycles. The highest BCUT2D eigenvalue weighted by atomic mass is 79.9. The number of Topliss-reactive ketones (excluding diaryl/α,β-unsaturated/α-hetero) is 1. The average Bonchev–Trinajstić information content (AvgIpc) is 2.33. The summed E-state index contributed by atoms with van der Waals surface area (Å²) < 4.78 is 6.40. The molecule has 0 atom stereocenters. The standard InChI is InChI=1S/C13H9BrClNO2/c1-8(17)9-2-5-13(16-7-9)18-12-4-3-10(14)6-11(12)15/h2-7H,1H3. The Morgan fingerprint density at radius 3 is 2.67 bits per heavy atom. The molecule has 0 amide bonds. The van der Waals surface area contributed by atoms with Crippen LogP contribution in [0.3, 0.4) is 0 Å². The molecule has 2 aromatic rings. The van der Waals surface area contributed by atoms with Gasteiger partial charge in [-0.1, -0.05) is 27.5 Å². The summed E-state index contributed by atoms with van der Waals surface area (Å²) in [5, 5.41) is 0.488. The first-order chi connectivity index (χ1) is 8.56. The van der Waals surface area contributed by atoms with E-state index in [2.05, 4.69) is 20.9 Å². The zero-order chi connectivity index (χ0) is 13.1. The minimum atomic E-state index is -0.0317. The smallest absolute Gasteiger partial charge is 0.219 e. The van der Waals surface area contributed by atoms with Crippen molar-refractivity contribution < 1.29 is 9.53 Å². The molecular weight excluding hydrogens is 318 g/mol. The maximum absolute atomic E-state index is 11.1. The molecule has 0 aliphatic rings. The van der Waals surface area contributed by atoms with E-state index in [1.807, 2.05) is 6.07 Å². The second kappa shape index (κ2) is 5.50. The van der Waals surface area contributed by atoms with Crippen LogP contribution in [0.15, 0.2) is 41.0 Å². The van der Waals surface area contributed by atoms with Gasteiger partial charge in [-0.3, -0.25) is 4.79 Å². The highest BCUT2D eigenvalue weighted by Gasteiger charge is 2.05. The highest BCUT2D eigenvalue weighted by Crippen LogP contribution is 2.30. The molecule has 0 N–H and O–H groups in total. The molecule has 2 rings (SSSR count). The molecule has 0 saturated heterocycles. The number of rotatable bonds is 3. The number of ketones is 1. The van der Waals surface area contributed by atoms with Crippen LogP contribution < -0.4 is 4.74 Å². The summed E-state index contributed by atoms with van der Waals surface area (Å²) >= 11 is 9.34. The number of hydrogen-bond donors (Lipinski definition) is 0. The fraction of sp³-hybridized carbons (Fsp3) is 0.0769. The van der Waals surface area contributed by atoms with Gasteiger partial charge in [0, 0.05) is 22.3 Å². The van der Waals surface area contributed by atoms with Crippen molar-refractivity contribution in [3.8, 4) is 11.6 Å². The van der Waals surface area contributed by atoms with Crippen molar-refractivity contribution in [2.24, 2.45) is 0 Å². The lowest BCUT2D eigenvalue weighted by Crippen LogP contribution is -1.94. The monoisotopic (exact) mass is 325 g/mol. The van der Waals surface area contributed by atoms with Crippen LogP contribution in [0.1, 0.15) is 17.3 Å². The minimum absolute atomic E-state index is 0.0317. The van der Waals surface area contributed by atoms with E-state index in [1.165, 1.54) is 13.1 Å². The van der Waals surface area contributed by atoms with E-state index in [1.54, 1.807) is 24.3 Å². The van der Waals surface area contributed by atoms with E-state index >= 15 is 0 Å². The van der Waals surface area contributed by atoms with Crippen LogP contribution in [0.2, 0.25) is 5.02 Å². The number of carbonyl (C=O) groups is 1. The Morgan fingerprint density at radius 1 is 1.33 bits per heavy atom. The third-order valence-corrected chi connectivity index (χ3v) is 3.04. The van der Waals surface area contributed by atoms with E-state index in [4.69, 9.17) is 16.3 Å². The van der Waals surface area contributed by atoms with Gasteiger partial charge >= 0.3 is 0 Å². The summed E-state index contributed by atoms with van der Waals surface area (Å²) in [6, 6.07) is 8.60. The lowest BCUT2D eigenvalue weighted by atomic mass is 10.2. The number of hydrogen-bond acceptors (Lipinski definition) is 3. The van der Waals surface area contributed by atoms with E-state index in [-0.39, 0.29) is 5.78 Å². The Kier molecular flexibility index (Phi) is 3.99. The second-order valence-corrected chi connectivity index (χ2v) is 4.94. The van der Waals surface area contributed by atoms with E-state index < -0.39 is 0 Å². The van der Waals surface area contributed by atoms with Gasteiger partial charge in [0.05, 0.1) is 5.02 Å². The molecule has 0 aliphatic heterocycles. The molecule has 0 bridgehead atoms. The quantitative estimate of drug-likeness (QED) is 0.780. The molecule has 5 heteroatoms. The fourth-order valence-corrected chi connectivity index (χ4v) is 2.03. The molecule has 0 aliphatic carbocycles. The lowest BCUT2D eigenvalue weighted by Gasteiger charge is -2.07. The molecular formula is C13H9BrClNO2. The summed E-state index contributed by atoms with van der Waals surface area (Å²) in [4.78, 5) is 15.1. The number of nitrogens with zero attached hydrogens (tertiary/aromatic N) is 1. The largest absolute Gasteiger partial charge is 0.437 e. The first-order valence-corrected chi connectivity index (χ1v) is 6.33. The highest BCUT2D eigenvalue weighted by molar-refractivity contribution is 9.10. The van der Waals surface area contributed by atoms with Crippen LogP contribution in [0.4, 0.5) is 0 Å². The molecule has 18 heavy (non-hydrogen) atoms. The predicted molar refractivity (Wildman–Crippen MR) is 73.5 cm³/mol. The average molecular weight is 327 g/mol. The number of pyridine rings is 1. The Bertz CT molecular complexity index is 584. The van der Waals surface area contributed by atoms with Gasteiger partial charge in [0.1, 0.15) is 5.75 Å². The SMILES string of the molecule is CC(=O)c1ccc(Oc2ccc(Br)cc2Cl)nc1. The molecule has 0 saturated carbocycles. The first kappa shape index (κ1) is 13.1. The van der Waals surface area contributed by atoms with Crippen molar-refractivity contribution >= 4 is 33.3 Å². The zero-order valence-electron chi connectivity index (χ0n) is 9.48. The second-order valence-electron chi connectivity index (χ2n) is 3.62.